The molecule has 0 aliphatic carbocycles. The first-order valence-corrected chi connectivity index (χ1v) is 7.13. The van der Waals surface area contributed by atoms with Crippen LogP contribution >= 0.6 is 23.2 Å². The predicted octanol–water partition coefficient (Wildman–Crippen LogP) is 3.01. The van der Waals surface area contributed by atoms with Crippen LogP contribution < -0.4 is 10.9 Å². The second-order valence-corrected chi connectivity index (χ2v) is 5.65. The maximum Gasteiger partial charge on any atom is 0.286 e. The highest BCUT2D eigenvalue weighted by molar-refractivity contribution is 6.35. The van der Waals surface area contributed by atoms with Crippen LogP contribution in [0.4, 0.5) is 11.4 Å². The second kappa shape index (κ2) is 6.80. The summed E-state index contributed by atoms with van der Waals surface area (Å²) in [6, 6.07) is 5.65. The van der Waals surface area contributed by atoms with Gasteiger partial charge in [-0.05, 0) is 25.1 Å². The van der Waals surface area contributed by atoms with Gasteiger partial charge < -0.3 is 5.32 Å². The number of hydrogen-bond acceptors (Lipinski definition) is 4. The Morgan fingerprint density at radius 3 is 2.43 bits per heavy atom. The molecule has 0 aliphatic heterocycles. The Kier molecular flexibility index (Phi) is 5.02. The molecular weight excluding hydrogens is 345 g/mol. The van der Waals surface area contributed by atoms with E-state index in [2.05, 4.69) is 5.32 Å². The molecule has 0 aliphatic rings. The zero-order valence-corrected chi connectivity index (χ0v) is 13.4. The van der Waals surface area contributed by atoms with Crippen LogP contribution in [0.25, 0.3) is 0 Å². The summed E-state index contributed by atoms with van der Waals surface area (Å²) in [6.45, 7) is 1.08. The van der Waals surface area contributed by atoms with Gasteiger partial charge in [0.1, 0.15) is 6.54 Å². The standard InChI is InChI=1S/C14H11Cl2N3O4/c1-8-2-12(19(22)23)6-18(14(8)21)7-13(20)17-11-4-9(15)3-10(16)5-11/h2-6H,7H2,1H3,(H,17,20). The molecule has 120 valence electrons. The van der Waals surface area contributed by atoms with Gasteiger partial charge in [0.05, 0.1) is 11.1 Å². The normalized spacial score (nSPS) is 10.4. The van der Waals surface area contributed by atoms with Gasteiger partial charge >= 0.3 is 0 Å². The smallest absolute Gasteiger partial charge is 0.286 e. The number of aromatic nitrogens is 1. The number of pyridine rings is 1. The Morgan fingerprint density at radius 1 is 1.26 bits per heavy atom. The highest BCUT2D eigenvalue weighted by Gasteiger charge is 2.14. The lowest BCUT2D eigenvalue weighted by Gasteiger charge is -2.09. The van der Waals surface area contributed by atoms with Gasteiger partial charge in [-0.1, -0.05) is 23.2 Å². The van der Waals surface area contributed by atoms with Crippen molar-refractivity contribution < 1.29 is 9.72 Å². The number of benzene rings is 1. The minimum atomic E-state index is -0.627. The number of halogens is 2. The summed E-state index contributed by atoms with van der Waals surface area (Å²) >= 11 is 11.7. The summed E-state index contributed by atoms with van der Waals surface area (Å²) in [4.78, 5) is 34.2. The van der Waals surface area contributed by atoms with Crippen molar-refractivity contribution in [2.45, 2.75) is 13.5 Å². The molecule has 2 rings (SSSR count). The molecule has 2 aromatic rings. The predicted molar refractivity (Wildman–Crippen MR) is 87.2 cm³/mol. The number of nitro groups is 1. The van der Waals surface area contributed by atoms with Crippen LogP contribution in [0.2, 0.25) is 10.0 Å². The SMILES string of the molecule is Cc1cc([N+](=O)[O-])cn(CC(=O)Nc2cc(Cl)cc(Cl)c2)c1=O. The largest absolute Gasteiger partial charge is 0.324 e. The molecule has 1 heterocycles. The minimum Gasteiger partial charge on any atom is -0.324 e. The number of hydrogen-bond donors (Lipinski definition) is 1. The third-order valence-electron chi connectivity index (χ3n) is 2.92. The number of carbonyl (C=O) groups is 1. The third kappa shape index (κ3) is 4.30. The first-order chi connectivity index (χ1) is 10.8. The molecule has 1 N–H and O–H groups in total. The van der Waals surface area contributed by atoms with Crippen LogP contribution in [0.5, 0.6) is 0 Å². The van der Waals surface area contributed by atoms with Crippen LogP contribution in [-0.2, 0) is 11.3 Å². The van der Waals surface area contributed by atoms with Crippen molar-refractivity contribution in [1.29, 1.82) is 0 Å². The number of aryl methyl sites for hydroxylation is 1. The number of rotatable bonds is 4. The molecule has 0 saturated heterocycles. The summed E-state index contributed by atoms with van der Waals surface area (Å²) in [5, 5.41) is 14.0. The molecule has 1 amide bonds. The van der Waals surface area contributed by atoms with Gasteiger partial charge in [-0.25, -0.2) is 0 Å². The number of nitrogens with one attached hydrogen (secondary N) is 1. The number of amides is 1. The molecule has 0 saturated carbocycles. The highest BCUT2D eigenvalue weighted by Crippen LogP contribution is 2.22. The summed E-state index contributed by atoms with van der Waals surface area (Å²) < 4.78 is 0.981. The van der Waals surface area contributed by atoms with Crippen molar-refractivity contribution in [2.75, 3.05) is 5.32 Å². The van der Waals surface area contributed by atoms with Crippen LogP contribution in [0.1, 0.15) is 5.56 Å². The molecule has 23 heavy (non-hydrogen) atoms. The first kappa shape index (κ1) is 17.0. The van der Waals surface area contributed by atoms with Crippen molar-refractivity contribution in [3.63, 3.8) is 0 Å². The summed E-state index contributed by atoms with van der Waals surface area (Å²) in [5.41, 5.74) is -0.198. The van der Waals surface area contributed by atoms with E-state index in [4.69, 9.17) is 23.2 Å². The van der Waals surface area contributed by atoms with E-state index in [9.17, 15) is 19.7 Å². The maximum absolute atomic E-state index is 12.0. The number of anilines is 1. The van der Waals surface area contributed by atoms with Crippen LogP contribution in [0, 0.1) is 17.0 Å². The van der Waals surface area contributed by atoms with Crippen molar-refractivity contribution in [1.82, 2.24) is 4.57 Å². The molecule has 7 nitrogen and oxygen atoms in total. The lowest BCUT2D eigenvalue weighted by atomic mass is 10.3. The highest BCUT2D eigenvalue weighted by atomic mass is 35.5. The second-order valence-electron chi connectivity index (χ2n) is 4.78. The molecule has 0 radical (unpaired) electrons. The Labute approximate surface area is 140 Å². The van der Waals surface area contributed by atoms with Gasteiger partial charge in [0.2, 0.25) is 5.91 Å². The fraction of sp³-hybridized carbons (Fsp3) is 0.143. The Bertz CT molecular complexity index is 828. The lowest BCUT2D eigenvalue weighted by molar-refractivity contribution is -0.385. The Hall–Kier alpha value is -2.38. The molecule has 9 heteroatoms. The fourth-order valence-corrected chi connectivity index (χ4v) is 2.49. The fourth-order valence-electron chi connectivity index (χ4n) is 1.96. The zero-order chi connectivity index (χ0) is 17.1. The van der Waals surface area contributed by atoms with Crippen LogP contribution in [0.15, 0.2) is 35.3 Å². The van der Waals surface area contributed by atoms with Gasteiger partial charge in [-0.3, -0.25) is 24.3 Å². The molecule has 0 unspecified atom stereocenters. The van der Waals surface area contributed by atoms with Crippen molar-refractivity contribution >= 4 is 40.5 Å². The van der Waals surface area contributed by atoms with Gasteiger partial charge in [0, 0.05) is 27.4 Å². The number of carbonyl (C=O) groups excluding carboxylic acids is 1. The van der Waals surface area contributed by atoms with Crippen LogP contribution in [0.3, 0.4) is 0 Å². The summed E-state index contributed by atoms with van der Waals surface area (Å²) in [7, 11) is 0. The Balaban J connectivity index is 2.23. The topological polar surface area (TPSA) is 94.2 Å². The van der Waals surface area contributed by atoms with E-state index in [0.717, 1.165) is 16.8 Å². The monoisotopic (exact) mass is 355 g/mol. The van der Waals surface area contributed by atoms with E-state index < -0.39 is 16.4 Å². The third-order valence-corrected chi connectivity index (χ3v) is 3.36. The minimum absolute atomic E-state index is 0.179. The van der Waals surface area contributed by atoms with E-state index in [-0.39, 0.29) is 17.8 Å². The zero-order valence-electron chi connectivity index (χ0n) is 11.9. The number of nitrogens with zero attached hydrogens (tertiary/aromatic N) is 2. The van der Waals surface area contributed by atoms with E-state index in [0.29, 0.717) is 15.7 Å². The van der Waals surface area contributed by atoms with Gasteiger partial charge in [0.15, 0.2) is 0 Å². The molecular formula is C14H11Cl2N3O4. The van der Waals surface area contributed by atoms with Crippen molar-refractivity contribution in [3.8, 4) is 0 Å². The molecule has 0 atom stereocenters. The molecule has 1 aromatic carbocycles. The van der Waals surface area contributed by atoms with Gasteiger partial charge in [-0.15, -0.1) is 0 Å². The average molecular weight is 356 g/mol. The lowest BCUT2D eigenvalue weighted by Crippen LogP contribution is -2.28. The van der Waals surface area contributed by atoms with E-state index >= 15 is 0 Å². The van der Waals surface area contributed by atoms with Gasteiger partial charge in [0.25, 0.3) is 11.2 Å². The van der Waals surface area contributed by atoms with E-state index in [1.54, 1.807) is 0 Å². The Morgan fingerprint density at radius 2 is 1.87 bits per heavy atom. The maximum atomic E-state index is 12.0. The van der Waals surface area contributed by atoms with Crippen molar-refractivity contribution in [3.05, 3.63) is 66.5 Å². The average Bonchev–Trinajstić information content (AvgIpc) is 2.42. The van der Waals surface area contributed by atoms with E-state index in [1.807, 2.05) is 0 Å². The molecule has 0 fully saturated rings. The summed E-state index contributed by atoms with van der Waals surface area (Å²) in [5.74, 6) is -0.537. The molecule has 0 bridgehead atoms. The van der Waals surface area contributed by atoms with E-state index in [1.165, 1.54) is 25.1 Å². The summed E-state index contributed by atoms with van der Waals surface area (Å²) in [6.07, 6.45) is 1.03. The quantitative estimate of drug-likeness (QED) is 0.673. The molecule has 1 aromatic heterocycles. The first-order valence-electron chi connectivity index (χ1n) is 6.37. The molecule has 0 spiro atoms. The van der Waals surface area contributed by atoms with Crippen LogP contribution in [-0.4, -0.2) is 15.4 Å². The van der Waals surface area contributed by atoms with Gasteiger partial charge in [-0.2, -0.15) is 0 Å². The van der Waals surface area contributed by atoms with Crippen molar-refractivity contribution in [2.24, 2.45) is 0 Å².